The molecule has 13 heteroatoms. The van der Waals surface area contributed by atoms with Gasteiger partial charge in [-0.3, -0.25) is 19.2 Å². The standard InChI is InChI=1S/C22H33N5O8/c23-9-5-4-8-14(24)19(31)27-17(12-28)21(33)25-15(11-18(29)30)20(32)26-16(22(34)35)10-13-6-2-1-3-7-13/h1-3,6-7,14-17,28H,4-5,8-12,23-24H2,(H,25,33)(H,26,32)(H,27,31)(H,29,30)(H,34,35). The molecule has 1 rings (SSSR count). The second-order valence-corrected chi connectivity index (χ2v) is 7.88. The highest BCUT2D eigenvalue weighted by Crippen LogP contribution is 2.05. The van der Waals surface area contributed by atoms with Crippen molar-refractivity contribution in [3.63, 3.8) is 0 Å². The number of carbonyl (C=O) groups excluding carboxylic acids is 3. The number of nitrogens with two attached hydrogens (primary N) is 2. The zero-order valence-corrected chi connectivity index (χ0v) is 19.2. The second-order valence-electron chi connectivity index (χ2n) is 7.88. The zero-order valence-electron chi connectivity index (χ0n) is 19.2. The molecule has 4 unspecified atom stereocenters. The van der Waals surface area contributed by atoms with Gasteiger partial charge in [-0.05, 0) is 24.9 Å². The van der Waals surface area contributed by atoms with Gasteiger partial charge in [0.25, 0.3) is 0 Å². The normalized spacial score (nSPS) is 14.1. The summed E-state index contributed by atoms with van der Waals surface area (Å²) in [6.07, 6.45) is 0.589. The molecule has 13 nitrogen and oxygen atoms in total. The number of aliphatic hydroxyl groups excluding tert-OH is 1. The van der Waals surface area contributed by atoms with E-state index < -0.39 is 66.9 Å². The number of carboxylic acid groups (broad SMARTS) is 2. The predicted octanol–water partition coefficient (Wildman–Crippen LogP) is -2.31. The fraction of sp³-hybridized carbons (Fsp3) is 0.500. The molecule has 0 aliphatic carbocycles. The Labute approximate surface area is 202 Å². The van der Waals surface area contributed by atoms with Gasteiger partial charge in [0.2, 0.25) is 17.7 Å². The van der Waals surface area contributed by atoms with Crippen molar-refractivity contribution >= 4 is 29.7 Å². The lowest BCUT2D eigenvalue weighted by molar-refractivity contribution is -0.143. The van der Waals surface area contributed by atoms with Crippen molar-refractivity contribution in [2.24, 2.45) is 11.5 Å². The molecule has 10 N–H and O–H groups in total. The van der Waals surface area contributed by atoms with E-state index in [1.807, 2.05) is 0 Å². The maximum atomic E-state index is 12.7. The molecule has 0 aromatic heterocycles. The van der Waals surface area contributed by atoms with E-state index in [0.717, 1.165) is 0 Å². The molecule has 3 amide bonds. The van der Waals surface area contributed by atoms with E-state index in [1.165, 1.54) is 0 Å². The fourth-order valence-electron chi connectivity index (χ4n) is 3.09. The van der Waals surface area contributed by atoms with Crippen LogP contribution in [0, 0.1) is 0 Å². The predicted molar refractivity (Wildman–Crippen MR) is 124 cm³/mol. The van der Waals surface area contributed by atoms with Crippen LogP contribution >= 0.6 is 0 Å². The number of carbonyl (C=O) groups is 5. The third-order valence-electron chi connectivity index (χ3n) is 5.03. The highest BCUT2D eigenvalue weighted by atomic mass is 16.4. The van der Waals surface area contributed by atoms with Gasteiger partial charge < -0.3 is 42.7 Å². The lowest BCUT2D eigenvalue weighted by Crippen LogP contribution is -2.58. The van der Waals surface area contributed by atoms with Gasteiger partial charge in [0.05, 0.1) is 19.1 Å². The van der Waals surface area contributed by atoms with Crippen molar-refractivity contribution in [1.82, 2.24) is 16.0 Å². The third-order valence-corrected chi connectivity index (χ3v) is 5.03. The maximum absolute atomic E-state index is 12.7. The molecule has 194 valence electrons. The molecule has 0 saturated heterocycles. The number of amides is 3. The van der Waals surface area contributed by atoms with Gasteiger partial charge in [-0.15, -0.1) is 0 Å². The highest BCUT2D eigenvalue weighted by molar-refractivity contribution is 5.95. The minimum Gasteiger partial charge on any atom is -0.481 e. The average molecular weight is 496 g/mol. The summed E-state index contributed by atoms with van der Waals surface area (Å²) < 4.78 is 0. The van der Waals surface area contributed by atoms with Gasteiger partial charge >= 0.3 is 11.9 Å². The Morgan fingerprint density at radius 2 is 1.40 bits per heavy atom. The molecule has 1 aromatic rings. The van der Waals surface area contributed by atoms with Crippen LogP contribution in [-0.2, 0) is 30.4 Å². The van der Waals surface area contributed by atoms with E-state index in [4.69, 9.17) is 16.6 Å². The number of benzene rings is 1. The number of hydrogen-bond acceptors (Lipinski definition) is 8. The topological polar surface area (TPSA) is 234 Å². The zero-order chi connectivity index (χ0) is 26.4. The van der Waals surface area contributed by atoms with E-state index in [-0.39, 0.29) is 6.42 Å². The van der Waals surface area contributed by atoms with Crippen molar-refractivity contribution in [3.8, 4) is 0 Å². The molecule has 1 aromatic carbocycles. The molecule has 0 bridgehead atoms. The van der Waals surface area contributed by atoms with E-state index >= 15 is 0 Å². The minimum atomic E-state index is -1.66. The van der Waals surface area contributed by atoms with Gasteiger partial charge in [0, 0.05) is 6.42 Å². The summed E-state index contributed by atoms with van der Waals surface area (Å²) in [5, 5.41) is 34.8. The summed E-state index contributed by atoms with van der Waals surface area (Å²) in [4.78, 5) is 60.3. The van der Waals surface area contributed by atoms with Gasteiger partial charge in [-0.25, -0.2) is 4.79 Å². The lowest BCUT2D eigenvalue weighted by atomic mass is 10.0. The van der Waals surface area contributed by atoms with Crippen LogP contribution in [0.15, 0.2) is 30.3 Å². The van der Waals surface area contributed by atoms with Gasteiger partial charge in [-0.2, -0.15) is 0 Å². The van der Waals surface area contributed by atoms with Crippen LogP contribution in [0.2, 0.25) is 0 Å². The summed E-state index contributed by atoms with van der Waals surface area (Å²) in [7, 11) is 0. The first-order chi connectivity index (χ1) is 16.6. The third kappa shape index (κ3) is 10.9. The molecule has 0 spiro atoms. The summed E-state index contributed by atoms with van der Waals surface area (Å²) in [6, 6.07) is 2.91. The number of carboxylic acids is 2. The quantitative estimate of drug-likeness (QED) is 0.114. The number of aliphatic hydroxyl groups is 1. The van der Waals surface area contributed by atoms with Crippen molar-refractivity contribution in [3.05, 3.63) is 35.9 Å². The van der Waals surface area contributed by atoms with Crippen LogP contribution in [0.25, 0.3) is 0 Å². The highest BCUT2D eigenvalue weighted by Gasteiger charge is 2.31. The van der Waals surface area contributed by atoms with Crippen LogP contribution in [0.4, 0.5) is 0 Å². The Balaban J connectivity index is 2.85. The Hall–Kier alpha value is -3.55. The fourth-order valence-corrected chi connectivity index (χ4v) is 3.09. The van der Waals surface area contributed by atoms with Gasteiger partial charge in [-0.1, -0.05) is 36.8 Å². The largest absolute Gasteiger partial charge is 0.481 e. The average Bonchev–Trinajstić information content (AvgIpc) is 2.81. The first kappa shape index (κ1) is 29.5. The van der Waals surface area contributed by atoms with Crippen LogP contribution in [0.3, 0.4) is 0 Å². The molecule has 4 atom stereocenters. The smallest absolute Gasteiger partial charge is 0.326 e. The number of aliphatic carboxylic acids is 2. The molecule has 0 aliphatic heterocycles. The minimum absolute atomic E-state index is 0.0764. The van der Waals surface area contributed by atoms with Crippen molar-refractivity contribution < 1.29 is 39.3 Å². The van der Waals surface area contributed by atoms with E-state index in [1.54, 1.807) is 30.3 Å². The Bertz CT molecular complexity index is 867. The maximum Gasteiger partial charge on any atom is 0.326 e. The molecule has 0 radical (unpaired) electrons. The number of nitrogens with one attached hydrogen (secondary N) is 3. The lowest BCUT2D eigenvalue weighted by Gasteiger charge is -2.23. The first-order valence-corrected chi connectivity index (χ1v) is 11.0. The summed E-state index contributed by atoms with van der Waals surface area (Å²) in [5.41, 5.74) is 11.8. The molecule has 0 heterocycles. The monoisotopic (exact) mass is 495 g/mol. The second kappa shape index (κ2) is 15.4. The SMILES string of the molecule is NCCCCC(N)C(=O)NC(CO)C(=O)NC(CC(=O)O)C(=O)NC(Cc1ccccc1)C(=O)O. The number of rotatable bonds is 16. The summed E-state index contributed by atoms with van der Waals surface area (Å²) >= 11 is 0. The van der Waals surface area contributed by atoms with Crippen molar-refractivity contribution in [2.45, 2.75) is 56.3 Å². The number of hydrogen-bond donors (Lipinski definition) is 8. The van der Waals surface area contributed by atoms with Crippen LogP contribution in [0.1, 0.15) is 31.2 Å². The van der Waals surface area contributed by atoms with Gasteiger partial charge in [0.1, 0.15) is 18.1 Å². The summed E-state index contributed by atoms with van der Waals surface area (Å²) in [6.45, 7) is -0.419. The molecule has 0 saturated carbocycles. The van der Waals surface area contributed by atoms with E-state index in [0.29, 0.717) is 31.4 Å². The van der Waals surface area contributed by atoms with Crippen molar-refractivity contribution in [1.29, 1.82) is 0 Å². The van der Waals surface area contributed by atoms with Crippen LogP contribution < -0.4 is 27.4 Å². The summed E-state index contributed by atoms with van der Waals surface area (Å²) in [5.74, 6) is -5.60. The number of unbranched alkanes of at least 4 members (excludes halogenated alkanes) is 1. The van der Waals surface area contributed by atoms with E-state index in [9.17, 15) is 34.2 Å². The first-order valence-electron chi connectivity index (χ1n) is 11.0. The molecule has 35 heavy (non-hydrogen) atoms. The Morgan fingerprint density at radius 3 is 1.94 bits per heavy atom. The molecule has 0 fully saturated rings. The van der Waals surface area contributed by atoms with Crippen LogP contribution in [-0.4, -0.2) is 82.3 Å². The molecule has 0 aliphatic rings. The Kier molecular flexibility index (Phi) is 12.9. The Morgan fingerprint density at radius 1 is 0.829 bits per heavy atom. The molecular weight excluding hydrogens is 462 g/mol. The van der Waals surface area contributed by atoms with Crippen LogP contribution in [0.5, 0.6) is 0 Å². The van der Waals surface area contributed by atoms with Crippen molar-refractivity contribution in [2.75, 3.05) is 13.2 Å². The van der Waals surface area contributed by atoms with Gasteiger partial charge in [0.15, 0.2) is 0 Å². The molecular formula is C22H33N5O8. The van der Waals surface area contributed by atoms with E-state index in [2.05, 4.69) is 16.0 Å².